The summed E-state index contributed by atoms with van der Waals surface area (Å²) in [6.45, 7) is 3.80. The van der Waals surface area contributed by atoms with Crippen LogP contribution in [0.4, 0.5) is 0 Å². The number of hydrogen-bond donors (Lipinski definition) is 0. The van der Waals surface area contributed by atoms with Crippen LogP contribution in [0.5, 0.6) is 11.5 Å². The first-order chi connectivity index (χ1) is 13.1. The highest BCUT2D eigenvalue weighted by Crippen LogP contribution is 2.19. The van der Waals surface area contributed by atoms with Crippen molar-refractivity contribution in [3.05, 3.63) is 60.2 Å². The third-order valence-electron chi connectivity index (χ3n) is 4.62. The lowest BCUT2D eigenvalue weighted by atomic mass is 10.2. The molecular weight excluding hydrogens is 344 g/mol. The standard InChI is InChI=1S/C21H24N2O4/c1-16(27-19-10-8-18(26-2)9-11-19)20(24)22-12-14-23(15-13-22)21(25)17-6-4-3-5-7-17/h3-11,16H,12-15H2,1-2H3. The van der Waals surface area contributed by atoms with E-state index in [2.05, 4.69) is 0 Å². The number of benzene rings is 2. The molecule has 6 nitrogen and oxygen atoms in total. The topological polar surface area (TPSA) is 59.1 Å². The Morgan fingerprint density at radius 1 is 0.852 bits per heavy atom. The summed E-state index contributed by atoms with van der Waals surface area (Å²) in [5.74, 6) is 1.29. The number of methoxy groups -OCH3 is 1. The van der Waals surface area contributed by atoms with Gasteiger partial charge in [-0.05, 0) is 43.3 Å². The second-order valence-electron chi connectivity index (χ2n) is 6.42. The fraction of sp³-hybridized carbons (Fsp3) is 0.333. The first-order valence-electron chi connectivity index (χ1n) is 9.02. The summed E-state index contributed by atoms with van der Waals surface area (Å²) >= 11 is 0. The van der Waals surface area contributed by atoms with Crippen LogP contribution in [0.1, 0.15) is 17.3 Å². The molecule has 0 N–H and O–H groups in total. The number of carbonyl (C=O) groups is 2. The predicted octanol–water partition coefficient (Wildman–Crippen LogP) is 2.45. The van der Waals surface area contributed by atoms with E-state index in [-0.39, 0.29) is 11.8 Å². The number of amides is 2. The second kappa shape index (κ2) is 8.58. The summed E-state index contributed by atoms with van der Waals surface area (Å²) in [5, 5.41) is 0. The largest absolute Gasteiger partial charge is 0.497 e. The first-order valence-corrected chi connectivity index (χ1v) is 9.02. The molecule has 1 saturated heterocycles. The first kappa shape index (κ1) is 18.8. The average molecular weight is 368 g/mol. The fourth-order valence-corrected chi connectivity index (χ4v) is 3.06. The maximum atomic E-state index is 12.6. The van der Waals surface area contributed by atoms with Gasteiger partial charge in [0, 0.05) is 31.7 Å². The van der Waals surface area contributed by atoms with Crippen LogP contribution in [0.25, 0.3) is 0 Å². The van der Waals surface area contributed by atoms with Crippen molar-refractivity contribution in [1.82, 2.24) is 9.80 Å². The van der Waals surface area contributed by atoms with Gasteiger partial charge in [0.2, 0.25) is 0 Å². The van der Waals surface area contributed by atoms with Crippen molar-refractivity contribution in [3.8, 4) is 11.5 Å². The second-order valence-corrected chi connectivity index (χ2v) is 6.42. The van der Waals surface area contributed by atoms with Crippen LogP contribution in [0, 0.1) is 0 Å². The van der Waals surface area contributed by atoms with Gasteiger partial charge in [-0.15, -0.1) is 0 Å². The molecule has 1 aliphatic rings. The molecule has 0 bridgehead atoms. The van der Waals surface area contributed by atoms with Gasteiger partial charge >= 0.3 is 0 Å². The minimum absolute atomic E-state index is 0.00484. The van der Waals surface area contributed by atoms with E-state index in [1.54, 1.807) is 48.1 Å². The Morgan fingerprint density at radius 2 is 1.41 bits per heavy atom. The highest BCUT2D eigenvalue weighted by atomic mass is 16.5. The van der Waals surface area contributed by atoms with Crippen LogP contribution in [-0.2, 0) is 4.79 Å². The number of carbonyl (C=O) groups excluding carboxylic acids is 2. The summed E-state index contributed by atoms with van der Waals surface area (Å²) in [6.07, 6.45) is -0.588. The van der Waals surface area contributed by atoms with Crippen molar-refractivity contribution in [2.45, 2.75) is 13.0 Å². The molecule has 1 fully saturated rings. The van der Waals surface area contributed by atoms with E-state index in [0.717, 1.165) is 5.75 Å². The molecule has 0 spiro atoms. The lowest BCUT2D eigenvalue weighted by molar-refractivity contribution is -0.139. The highest BCUT2D eigenvalue weighted by Gasteiger charge is 2.28. The minimum Gasteiger partial charge on any atom is -0.497 e. The van der Waals surface area contributed by atoms with E-state index in [0.29, 0.717) is 37.5 Å². The van der Waals surface area contributed by atoms with E-state index in [1.807, 2.05) is 30.3 Å². The summed E-state index contributed by atoms with van der Waals surface area (Å²) in [4.78, 5) is 28.7. The molecule has 0 aliphatic carbocycles. The zero-order valence-electron chi connectivity index (χ0n) is 15.6. The number of ether oxygens (including phenoxy) is 2. The molecule has 2 aromatic carbocycles. The molecule has 1 aliphatic heterocycles. The van der Waals surface area contributed by atoms with Crippen molar-refractivity contribution in [2.24, 2.45) is 0 Å². The molecule has 0 aromatic heterocycles. The molecule has 1 heterocycles. The highest BCUT2D eigenvalue weighted by molar-refractivity contribution is 5.94. The van der Waals surface area contributed by atoms with Crippen LogP contribution in [0.2, 0.25) is 0 Å². The zero-order valence-corrected chi connectivity index (χ0v) is 15.6. The van der Waals surface area contributed by atoms with E-state index in [9.17, 15) is 9.59 Å². The summed E-state index contributed by atoms with van der Waals surface area (Å²) in [5.41, 5.74) is 0.675. The number of hydrogen-bond acceptors (Lipinski definition) is 4. The molecule has 27 heavy (non-hydrogen) atoms. The van der Waals surface area contributed by atoms with Crippen LogP contribution in [-0.4, -0.2) is 61.0 Å². The van der Waals surface area contributed by atoms with Gasteiger partial charge in [-0.2, -0.15) is 0 Å². The Labute approximate surface area is 159 Å². The zero-order chi connectivity index (χ0) is 19.2. The van der Waals surface area contributed by atoms with Gasteiger partial charge in [0.15, 0.2) is 6.10 Å². The summed E-state index contributed by atoms with van der Waals surface area (Å²) in [7, 11) is 1.60. The van der Waals surface area contributed by atoms with Crippen LogP contribution < -0.4 is 9.47 Å². The van der Waals surface area contributed by atoms with Gasteiger partial charge in [-0.1, -0.05) is 18.2 Å². The Kier molecular flexibility index (Phi) is 5.96. The van der Waals surface area contributed by atoms with Crippen molar-refractivity contribution in [3.63, 3.8) is 0 Å². The van der Waals surface area contributed by atoms with Crippen LogP contribution in [0.15, 0.2) is 54.6 Å². The van der Waals surface area contributed by atoms with Crippen molar-refractivity contribution in [2.75, 3.05) is 33.3 Å². The van der Waals surface area contributed by atoms with Crippen LogP contribution in [0.3, 0.4) is 0 Å². The van der Waals surface area contributed by atoms with Gasteiger partial charge < -0.3 is 19.3 Å². The molecule has 6 heteroatoms. The Hall–Kier alpha value is -3.02. The van der Waals surface area contributed by atoms with Crippen molar-refractivity contribution >= 4 is 11.8 Å². The third-order valence-corrected chi connectivity index (χ3v) is 4.62. The molecule has 142 valence electrons. The molecule has 0 saturated carbocycles. The lowest BCUT2D eigenvalue weighted by Crippen LogP contribution is -2.53. The van der Waals surface area contributed by atoms with E-state index in [1.165, 1.54) is 0 Å². The fourth-order valence-electron chi connectivity index (χ4n) is 3.06. The van der Waals surface area contributed by atoms with Crippen molar-refractivity contribution < 1.29 is 19.1 Å². The molecule has 3 rings (SSSR count). The smallest absolute Gasteiger partial charge is 0.263 e. The van der Waals surface area contributed by atoms with Gasteiger partial charge in [0.1, 0.15) is 11.5 Å². The normalized spacial score (nSPS) is 15.2. The van der Waals surface area contributed by atoms with Gasteiger partial charge in [0.05, 0.1) is 7.11 Å². The lowest BCUT2D eigenvalue weighted by Gasteiger charge is -2.36. The van der Waals surface area contributed by atoms with E-state index < -0.39 is 6.10 Å². The van der Waals surface area contributed by atoms with Gasteiger partial charge in [-0.3, -0.25) is 9.59 Å². The molecule has 2 aromatic rings. The summed E-state index contributed by atoms with van der Waals surface area (Å²) < 4.78 is 10.9. The number of piperazine rings is 1. The van der Waals surface area contributed by atoms with Gasteiger partial charge in [-0.25, -0.2) is 0 Å². The third kappa shape index (κ3) is 4.58. The maximum absolute atomic E-state index is 12.6. The number of nitrogens with zero attached hydrogens (tertiary/aromatic N) is 2. The Balaban J connectivity index is 1.52. The summed E-state index contributed by atoms with van der Waals surface area (Å²) in [6, 6.07) is 16.3. The van der Waals surface area contributed by atoms with Crippen LogP contribution >= 0.6 is 0 Å². The molecule has 2 amide bonds. The minimum atomic E-state index is -0.588. The Bertz CT molecular complexity index is 769. The monoisotopic (exact) mass is 368 g/mol. The molecular formula is C21H24N2O4. The Morgan fingerprint density at radius 3 is 2.00 bits per heavy atom. The van der Waals surface area contributed by atoms with E-state index >= 15 is 0 Å². The number of rotatable bonds is 5. The molecule has 0 radical (unpaired) electrons. The van der Waals surface area contributed by atoms with E-state index in [4.69, 9.17) is 9.47 Å². The average Bonchev–Trinajstić information content (AvgIpc) is 2.74. The van der Waals surface area contributed by atoms with Gasteiger partial charge in [0.25, 0.3) is 11.8 Å². The van der Waals surface area contributed by atoms with Crippen molar-refractivity contribution in [1.29, 1.82) is 0 Å². The SMILES string of the molecule is COc1ccc(OC(C)C(=O)N2CCN(C(=O)c3ccccc3)CC2)cc1. The predicted molar refractivity (Wildman–Crippen MR) is 102 cm³/mol. The quantitative estimate of drug-likeness (QED) is 0.813. The molecule has 1 atom stereocenters. The maximum Gasteiger partial charge on any atom is 0.263 e. The molecule has 1 unspecified atom stereocenters.